The smallest absolute Gasteiger partial charge is 0.305 e. The summed E-state index contributed by atoms with van der Waals surface area (Å²) in [5, 5.41) is 21.2. The van der Waals surface area contributed by atoms with E-state index >= 15 is 0 Å². The molecule has 0 radical (unpaired) electrons. The van der Waals surface area contributed by atoms with Gasteiger partial charge < -0.3 is 10.2 Å². The van der Waals surface area contributed by atoms with E-state index in [0.29, 0.717) is 5.56 Å². The van der Waals surface area contributed by atoms with Gasteiger partial charge in [-0.2, -0.15) is 0 Å². The maximum Gasteiger partial charge on any atom is 0.305 e. The molecule has 0 aromatic heterocycles. The number of phenolic OH excluding ortho intramolecular Hbond substituents is 1. The first-order valence-corrected chi connectivity index (χ1v) is 7.66. The highest BCUT2D eigenvalue weighted by molar-refractivity contribution is 6.02. The average molecular weight is 319 g/mol. The normalized spacial score (nSPS) is 12.5. The van der Waals surface area contributed by atoms with Gasteiger partial charge in [-0.1, -0.05) is 60.7 Å². The molecule has 4 nitrogen and oxygen atoms in total. The van der Waals surface area contributed by atoms with Crippen molar-refractivity contribution in [1.82, 2.24) is 0 Å². The zero-order chi connectivity index (χ0) is 16.9. The highest BCUT2D eigenvalue weighted by Crippen LogP contribution is 2.27. The van der Waals surface area contributed by atoms with Gasteiger partial charge in [0.15, 0.2) is 0 Å². The predicted octanol–water partition coefficient (Wildman–Crippen LogP) is 4.18. The number of phenols is 1. The first kappa shape index (κ1) is 15.7. The molecule has 4 heteroatoms. The molecular weight excluding hydrogens is 302 g/mol. The standard InChI is InChI=1S/C20H17NO3/c22-19-11-10-14-6-4-5-9-16(14)17(19)13-21-18(12-20(23)24)15-7-2-1-3-8-15/h1-11,13,18,22H,12H2,(H,23,24)/t18-/m0/s1. The number of hydrogen-bond donors (Lipinski definition) is 2. The Bertz CT molecular complexity index is 888. The monoisotopic (exact) mass is 319 g/mol. The van der Waals surface area contributed by atoms with E-state index in [0.717, 1.165) is 16.3 Å². The number of nitrogens with zero attached hydrogens (tertiary/aromatic N) is 1. The first-order chi connectivity index (χ1) is 11.6. The molecule has 0 fully saturated rings. The molecule has 3 aromatic carbocycles. The highest BCUT2D eigenvalue weighted by Gasteiger charge is 2.14. The Morgan fingerprint density at radius 1 is 1.00 bits per heavy atom. The van der Waals surface area contributed by atoms with E-state index in [4.69, 9.17) is 5.11 Å². The number of benzene rings is 3. The van der Waals surface area contributed by atoms with Crippen molar-refractivity contribution >= 4 is 23.0 Å². The molecule has 3 rings (SSSR count). The molecular formula is C20H17NO3. The van der Waals surface area contributed by atoms with E-state index in [1.807, 2.05) is 60.7 Å². The molecule has 0 aliphatic carbocycles. The van der Waals surface area contributed by atoms with Gasteiger partial charge in [0.05, 0.1) is 12.5 Å². The molecule has 24 heavy (non-hydrogen) atoms. The van der Waals surface area contributed by atoms with Crippen molar-refractivity contribution in [1.29, 1.82) is 0 Å². The van der Waals surface area contributed by atoms with Crippen LogP contribution < -0.4 is 0 Å². The zero-order valence-corrected chi connectivity index (χ0v) is 13.0. The van der Waals surface area contributed by atoms with Gasteiger partial charge in [0.1, 0.15) is 5.75 Å². The number of fused-ring (bicyclic) bond motifs is 1. The number of aromatic hydroxyl groups is 1. The van der Waals surface area contributed by atoms with Gasteiger partial charge in [0, 0.05) is 11.8 Å². The van der Waals surface area contributed by atoms with Crippen LogP contribution >= 0.6 is 0 Å². The molecule has 120 valence electrons. The second-order valence-corrected chi connectivity index (χ2v) is 5.52. The van der Waals surface area contributed by atoms with Crippen LogP contribution in [0, 0.1) is 0 Å². The van der Waals surface area contributed by atoms with Crippen LogP contribution in [0.3, 0.4) is 0 Å². The molecule has 0 spiro atoms. The van der Waals surface area contributed by atoms with Crippen molar-refractivity contribution < 1.29 is 15.0 Å². The zero-order valence-electron chi connectivity index (χ0n) is 13.0. The summed E-state index contributed by atoms with van der Waals surface area (Å²) in [6.45, 7) is 0. The molecule has 0 amide bonds. The second-order valence-electron chi connectivity index (χ2n) is 5.52. The lowest BCUT2D eigenvalue weighted by molar-refractivity contribution is -0.137. The van der Waals surface area contributed by atoms with Crippen LogP contribution in [0.25, 0.3) is 10.8 Å². The van der Waals surface area contributed by atoms with Gasteiger partial charge in [-0.3, -0.25) is 9.79 Å². The van der Waals surface area contributed by atoms with Crippen LogP contribution in [-0.4, -0.2) is 22.4 Å². The summed E-state index contributed by atoms with van der Waals surface area (Å²) in [5.74, 6) is -0.789. The fraction of sp³-hybridized carbons (Fsp3) is 0.100. The Kier molecular flexibility index (Phi) is 4.57. The van der Waals surface area contributed by atoms with Gasteiger partial charge in [-0.05, 0) is 22.4 Å². The minimum atomic E-state index is -0.914. The molecule has 1 atom stereocenters. The lowest BCUT2D eigenvalue weighted by Crippen LogP contribution is -2.05. The summed E-state index contributed by atoms with van der Waals surface area (Å²) in [6, 6.07) is 20.0. The van der Waals surface area contributed by atoms with Gasteiger partial charge in [0.2, 0.25) is 0 Å². The van der Waals surface area contributed by atoms with E-state index in [1.54, 1.807) is 12.3 Å². The summed E-state index contributed by atoms with van der Waals surface area (Å²) in [7, 11) is 0. The average Bonchev–Trinajstić information content (AvgIpc) is 2.60. The van der Waals surface area contributed by atoms with Gasteiger partial charge >= 0.3 is 5.97 Å². The lowest BCUT2D eigenvalue weighted by Gasteiger charge is -2.11. The van der Waals surface area contributed by atoms with E-state index in [2.05, 4.69) is 4.99 Å². The Morgan fingerprint density at radius 2 is 1.71 bits per heavy atom. The SMILES string of the molecule is O=C(O)C[C@H](N=Cc1c(O)ccc2ccccc12)c1ccccc1. The Hall–Kier alpha value is -3.14. The van der Waals surface area contributed by atoms with Gasteiger partial charge in [0.25, 0.3) is 0 Å². The number of rotatable bonds is 5. The summed E-state index contributed by atoms with van der Waals surface area (Å²) < 4.78 is 0. The number of hydrogen-bond acceptors (Lipinski definition) is 3. The molecule has 0 unspecified atom stereocenters. The Balaban J connectivity index is 2.01. The third-order valence-electron chi connectivity index (χ3n) is 3.88. The molecule has 0 aliphatic heterocycles. The van der Waals surface area contributed by atoms with E-state index in [1.165, 1.54) is 0 Å². The van der Waals surface area contributed by atoms with Crippen molar-refractivity contribution in [2.24, 2.45) is 4.99 Å². The fourth-order valence-corrected chi connectivity index (χ4v) is 2.68. The first-order valence-electron chi connectivity index (χ1n) is 7.66. The van der Waals surface area contributed by atoms with Crippen LogP contribution in [-0.2, 0) is 4.79 Å². The maximum atomic E-state index is 11.2. The maximum absolute atomic E-state index is 11.2. The van der Waals surface area contributed by atoms with Crippen LogP contribution in [0.5, 0.6) is 5.75 Å². The lowest BCUT2D eigenvalue weighted by atomic mass is 10.0. The third-order valence-corrected chi connectivity index (χ3v) is 3.88. The molecule has 0 bridgehead atoms. The van der Waals surface area contributed by atoms with E-state index < -0.39 is 12.0 Å². The van der Waals surface area contributed by atoms with Crippen molar-refractivity contribution in [3.05, 3.63) is 77.9 Å². The predicted molar refractivity (Wildman–Crippen MR) is 94.6 cm³/mol. The molecule has 2 N–H and O–H groups in total. The third kappa shape index (κ3) is 3.43. The fourth-order valence-electron chi connectivity index (χ4n) is 2.68. The van der Waals surface area contributed by atoms with Crippen molar-refractivity contribution in [3.63, 3.8) is 0 Å². The Morgan fingerprint density at radius 3 is 2.46 bits per heavy atom. The van der Waals surface area contributed by atoms with Crippen molar-refractivity contribution in [2.75, 3.05) is 0 Å². The summed E-state index contributed by atoms with van der Waals surface area (Å²) >= 11 is 0. The minimum absolute atomic E-state index is 0.105. The van der Waals surface area contributed by atoms with Crippen LogP contribution in [0.4, 0.5) is 0 Å². The van der Waals surface area contributed by atoms with Crippen molar-refractivity contribution in [3.8, 4) is 5.75 Å². The highest BCUT2D eigenvalue weighted by atomic mass is 16.4. The molecule has 0 saturated carbocycles. The number of carboxylic acids is 1. The minimum Gasteiger partial charge on any atom is -0.507 e. The topological polar surface area (TPSA) is 69.9 Å². The second kappa shape index (κ2) is 6.96. The molecule has 0 aliphatic rings. The quantitative estimate of drug-likeness (QED) is 0.693. The molecule has 0 heterocycles. The summed E-state index contributed by atoms with van der Waals surface area (Å²) in [4.78, 5) is 15.6. The van der Waals surface area contributed by atoms with Crippen LogP contribution in [0.2, 0.25) is 0 Å². The molecule has 0 saturated heterocycles. The number of carboxylic acid groups (broad SMARTS) is 1. The van der Waals surface area contributed by atoms with Gasteiger partial charge in [-0.25, -0.2) is 0 Å². The largest absolute Gasteiger partial charge is 0.507 e. The number of aliphatic carboxylic acids is 1. The van der Waals surface area contributed by atoms with Crippen LogP contribution in [0.15, 0.2) is 71.7 Å². The van der Waals surface area contributed by atoms with Crippen molar-refractivity contribution in [2.45, 2.75) is 12.5 Å². The summed E-state index contributed by atoms with van der Waals surface area (Å²) in [5.41, 5.74) is 1.43. The number of carbonyl (C=O) groups is 1. The summed E-state index contributed by atoms with van der Waals surface area (Å²) in [6.07, 6.45) is 1.46. The van der Waals surface area contributed by atoms with E-state index in [-0.39, 0.29) is 12.2 Å². The van der Waals surface area contributed by atoms with E-state index in [9.17, 15) is 9.90 Å². The molecule has 3 aromatic rings. The Labute approximate surface area is 139 Å². The van der Waals surface area contributed by atoms with Crippen LogP contribution in [0.1, 0.15) is 23.6 Å². The van der Waals surface area contributed by atoms with Gasteiger partial charge in [-0.15, -0.1) is 0 Å². The number of aliphatic imine (C=N–C) groups is 1.